The zero-order valence-electron chi connectivity index (χ0n) is 9.81. The quantitative estimate of drug-likeness (QED) is 0.879. The van der Waals surface area contributed by atoms with Gasteiger partial charge >= 0.3 is 5.97 Å². The van der Waals surface area contributed by atoms with E-state index in [4.69, 9.17) is 16.7 Å². The predicted octanol–water partition coefficient (Wildman–Crippen LogP) is 3.43. The molecule has 0 aliphatic carbocycles. The van der Waals surface area contributed by atoms with Gasteiger partial charge in [-0.3, -0.25) is 4.68 Å². The topological polar surface area (TPSA) is 55.1 Å². The summed E-state index contributed by atoms with van der Waals surface area (Å²) in [5.41, 5.74) is 1.76. The summed E-state index contributed by atoms with van der Waals surface area (Å²) in [7, 11) is 1.85. The monoisotopic (exact) mass is 302 g/mol. The largest absolute Gasteiger partial charge is 0.477 e. The molecule has 2 heterocycles. The molecule has 0 radical (unpaired) electrons. The van der Waals surface area contributed by atoms with E-state index in [-0.39, 0.29) is 0 Å². The molecule has 2 aromatic rings. The van der Waals surface area contributed by atoms with Crippen molar-refractivity contribution in [2.24, 2.45) is 7.05 Å². The van der Waals surface area contributed by atoms with E-state index in [0.29, 0.717) is 15.7 Å². The molecule has 0 spiro atoms. The van der Waals surface area contributed by atoms with Crippen molar-refractivity contribution in [2.75, 3.05) is 0 Å². The zero-order chi connectivity index (χ0) is 13.3. The summed E-state index contributed by atoms with van der Waals surface area (Å²) in [5.74, 6) is -0.215. The number of hydrogen-bond acceptors (Lipinski definition) is 4. The lowest BCUT2D eigenvalue weighted by Gasteiger charge is -2.01. The minimum absolute atomic E-state index is 0.352. The van der Waals surface area contributed by atoms with Crippen molar-refractivity contribution in [3.8, 4) is 0 Å². The summed E-state index contributed by atoms with van der Waals surface area (Å²) >= 11 is 8.93. The molecule has 4 nitrogen and oxygen atoms in total. The summed E-state index contributed by atoms with van der Waals surface area (Å²) in [4.78, 5) is 12.1. The van der Waals surface area contributed by atoms with Crippen molar-refractivity contribution >= 4 is 40.7 Å². The molecule has 0 aliphatic heterocycles. The van der Waals surface area contributed by atoms with Crippen molar-refractivity contribution in [3.05, 3.63) is 32.7 Å². The third-order valence-corrected chi connectivity index (χ3v) is 4.97. The van der Waals surface area contributed by atoms with Gasteiger partial charge in [0.2, 0.25) is 0 Å². The van der Waals surface area contributed by atoms with Gasteiger partial charge in [0, 0.05) is 23.1 Å². The summed E-state index contributed by atoms with van der Waals surface area (Å²) in [6.07, 6.45) is 0. The number of aryl methyl sites for hydroxylation is 2. The van der Waals surface area contributed by atoms with Gasteiger partial charge in [-0.2, -0.15) is 5.10 Å². The number of rotatable bonds is 4. The number of carboxylic acids is 1. The molecule has 0 aliphatic rings. The van der Waals surface area contributed by atoms with Crippen molar-refractivity contribution in [2.45, 2.75) is 17.6 Å². The SMILES string of the molecule is Cc1nn(C)c(CSc2csc(C(=O)O)c2)c1Cl. The highest BCUT2D eigenvalue weighted by Gasteiger charge is 2.12. The fourth-order valence-corrected chi connectivity index (χ4v) is 3.74. The van der Waals surface area contributed by atoms with Gasteiger partial charge in [-0.25, -0.2) is 4.79 Å². The molecule has 18 heavy (non-hydrogen) atoms. The van der Waals surface area contributed by atoms with Gasteiger partial charge < -0.3 is 5.11 Å². The van der Waals surface area contributed by atoms with Crippen LogP contribution >= 0.6 is 34.7 Å². The van der Waals surface area contributed by atoms with Gasteiger partial charge in [0.05, 0.1) is 16.4 Å². The lowest BCUT2D eigenvalue weighted by Crippen LogP contribution is -1.96. The Bertz CT molecular complexity index is 592. The van der Waals surface area contributed by atoms with Crippen LogP contribution in [0.5, 0.6) is 0 Å². The van der Waals surface area contributed by atoms with E-state index in [1.54, 1.807) is 22.5 Å². The standard InChI is InChI=1S/C11H11ClN2O2S2/c1-6-10(12)8(14(2)13-6)5-17-7-3-9(11(15)16)18-4-7/h3-4H,5H2,1-2H3,(H,15,16). The number of hydrogen-bond donors (Lipinski definition) is 1. The Morgan fingerprint density at radius 2 is 2.39 bits per heavy atom. The van der Waals surface area contributed by atoms with E-state index in [1.165, 1.54) is 11.3 Å². The van der Waals surface area contributed by atoms with Crippen molar-refractivity contribution in [1.82, 2.24) is 9.78 Å². The van der Waals surface area contributed by atoms with Crippen LogP contribution in [0.25, 0.3) is 0 Å². The van der Waals surface area contributed by atoms with Crippen LogP contribution < -0.4 is 0 Å². The second-order valence-corrected chi connectivity index (χ2v) is 6.05. The summed E-state index contributed by atoms with van der Waals surface area (Å²) in [6, 6.07) is 1.68. The number of thioether (sulfide) groups is 1. The number of carbonyl (C=O) groups is 1. The zero-order valence-corrected chi connectivity index (χ0v) is 12.2. The molecule has 0 saturated carbocycles. The highest BCUT2D eigenvalue weighted by Crippen LogP contribution is 2.30. The van der Waals surface area contributed by atoms with E-state index < -0.39 is 5.97 Å². The number of halogens is 1. The molecule has 0 unspecified atom stereocenters. The lowest BCUT2D eigenvalue weighted by molar-refractivity contribution is 0.0702. The van der Waals surface area contributed by atoms with Crippen LogP contribution in [0.2, 0.25) is 5.02 Å². The van der Waals surface area contributed by atoms with Crippen molar-refractivity contribution < 1.29 is 9.90 Å². The number of thiophene rings is 1. The lowest BCUT2D eigenvalue weighted by atomic mass is 10.4. The third kappa shape index (κ3) is 2.71. The molecule has 7 heteroatoms. The average molecular weight is 303 g/mol. The number of carboxylic acid groups (broad SMARTS) is 1. The first-order chi connectivity index (χ1) is 8.49. The van der Waals surface area contributed by atoms with E-state index in [9.17, 15) is 4.79 Å². The van der Waals surface area contributed by atoms with Crippen LogP contribution in [0.3, 0.4) is 0 Å². The summed E-state index contributed by atoms with van der Waals surface area (Å²) in [6.45, 7) is 1.86. The molecule has 1 N–H and O–H groups in total. The maximum atomic E-state index is 10.8. The number of aromatic carboxylic acids is 1. The van der Waals surface area contributed by atoms with Crippen LogP contribution in [-0.4, -0.2) is 20.9 Å². The third-order valence-electron chi connectivity index (χ3n) is 2.42. The molecule has 0 fully saturated rings. The fraction of sp³-hybridized carbons (Fsp3) is 0.273. The van der Waals surface area contributed by atoms with Gasteiger partial charge in [-0.1, -0.05) is 11.6 Å². The molecule has 0 aromatic carbocycles. The van der Waals surface area contributed by atoms with Crippen LogP contribution in [0.4, 0.5) is 0 Å². The maximum absolute atomic E-state index is 10.8. The van der Waals surface area contributed by atoms with Gasteiger partial charge in [0.25, 0.3) is 0 Å². The smallest absolute Gasteiger partial charge is 0.345 e. The molecule has 0 bridgehead atoms. The second kappa shape index (κ2) is 5.34. The Labute approximate surface area is 118 Å². The van der Waals surface area contributed by atoms with E-state index in [1.807, 2.05) is 19.4 Å². The predicted molar refractivity (Wildman–Crippen MR) is 73.8 cm³/mol. The number of aromatic nitrogens is 2. The molecule has 0 saturated heterocycles. The Kier molecular flexibility index (Phi) is 3.99. The first-order valence-corrected chi connectivity index (χ1v) is 7.36. The first-order valence-electron chi connectivity index (χ1n) is 5.11. The van der Waals surface area contributed by atoms with Gasteiger partial charge in [-0.05, 0) is 13.0 Å². The molecule has 0 amide bonds. The van der Waals surface area contributed by atoms with E-state index >= 15 is 0 Å². The summed E-state index contributed by atoms with van der Waals surface area (Å²) < 4.78 is 1.76. The Balaban J connectivity index is 2.09. The molecule has 2 rings (SSSR count). The van der Waals surface area contributed by atoms with Gasteiger partial charge in [0.15, 0.2) is 0 Å². The Hall–Kier alpha value is -0.980. The second-order valence-electron chi connectivity index (χ2n) is 3.71. The Morgan fingerprint density at radius 3 is 2.89 bits per heavy atom. The van der Waals surface area contributed by atoms with Crippen LogP contribution in [-0.2, 0) is 12.8 Å². The number of nitrogens with zero attached hydrogens (tertiary/aromatic N) is 2. The van der Waals surface area contributed by atoms with Gasteiger partial charge in [0.1, 0.15) is 4.88 Å². The van der Waals surface area contributed by atoms with Crippen molar-refractivity contribution in [1.29, 1.82) is 0 Å². The van der Waals surface area contributed by atoms with Crippen LogP contribution in [0.1, 0.15) is 21.1 Å². The first kappa shape index (κ1) is 13.5. The maximum Gasteiger partial charge on any atom is 0.345 e. The molecular weight excluding hydrogens is 292 g/mol. The normalized spacial score (nSPS) is 10.8. The van der Waals surface area contributed by atoms with E-state index in [2.05, 4.69) is 5.10 Å². The fourth-order valence-electron chi connectivity index (χ4n) is 1.50. The van der Waals surface area contributed by atoms with E-state index in [0.717, 1.165) is 16.3 Å². The van der Waals surface area contributed by atoms with Gasteiger partial charge in [-0.15, -0.1) is 23.1 Å². The molecular formula is C11H11ClN2O2S2. The molecule has 2 aromatic heterocycles. The summed E-state index contributed by atoms with van der Waals surface area (Å²) in [5, 5.41) is 15.6. The average Bonchev–Trinajstić information content (AvgIpc) is 2.85. The van der Waals surface area contributed by atoms with Crippen LogP contribution in [0, 0.1) is 6.92 Å². The minimum atomic E-state index is -0.888. The molecule has 0 atom stereocenters. The minimum Gasteiger partial charge on any atom is -0.477 e. The van der Waals surface area contributed by atoms with Crippen molar-refractivity contribution in [3.63, 3.8) is 0 Å². The molecule has 96 valence electrons. The van der Waals surface area contributed by atoms with Crippen LogP contribution in [0.15, 0.2) is 16.3 Å². The Morgan fingerprint density at radius 1 is 1.67 bits per heavy atom. The highest BCUT2D eigenvalue weighted by atomic mass is 35.5. The highest BCUT2D eigenvalue weighted by molar-refractivity contribution is 7.98.